The molecule has 0 fully saturated rings. The second-order valence-electron chi connectivity index (χ2n) is 25.8. The van der Waals surface area contributed by atoms with Crippen LogP contribution in [0.3, 0.4) is 0 Å². The van der Waals surface area contributed by atoms with E-state index in [2.05, 4.69) is 47.9 Å². The van der Waals surface area contributed by atoms with Crippen molar-refractivity contribution in [2.75, 3.05) is 66.0 Å². The quantitative estimate of drug-likeness (QED) is 0.0537. The highest BCUT2D eigenvalue weighted by atomic mass is 16.6. The number of amides is 9. The number of hydrogen-bond donors (Lipinski definition) is 9. The average Bonchev–Trinajstić information content (AvgIpc) is 3.25. The molecule has 0 saturated carbocycles. The van der Waals surface area contributed by atoms with Crippen LogP contribution in [0.15, 0.2) is 0 Å². The van der Waals surface area contributed by atoms with Crippen molar-refractivity contribution in [3.63, 3.8) is 0 Å². The highest BCUT2D eigenvalue weighted by Crippen LogP contribution is 2.25. The van der Waals surface area contributed by atoms with Gasteiger partial charge in [-0.05, 0) is 145 Å². The smallest absolute Gasteiger partial charge is 0.407 e. The Morgan fingerprint density at radius 3 is 0.569 bits per heavy atom. The van der Waals surface area contributed by atoms with Crippen LogP contribution in [0, 0.1) is 48.7 Å². The van der Waals surface area contributed by atoms with Crippen LogP contribution in [-0.4, -0.2) is 131 Å². The molecule has 0 radical (unpaired) electrons. The van der Waals surface area contributed by atoms with E-state index in [1.807, 2.05) is 0 Å². The molecule has 0 heterocycles. The standard InChI is InChI=1S/C51H93N9O12/c1-42(2,3)72-41(70)60-30-50(18,19)39(68)58-28-48(14,15)37(66)56-26-46(10,11)35(64)54-24-44(6,7)33(62)52-23-43(4,5)32(61)53-25-45(8,9)34(63)55-27-47(12,13)36(65)57-29-49(16,17)38(67)59-31-51(20,21)40(69)71-22/h23-31H2,1-22H3,(H,52,62)(H,53,61)(H,54,64)(H,55,63)(H,56,66)(H,57,65)(H,58,68)(H,59,67)(H,60,70). The minimum absolute atomic E-state index is 0.00230. The molecule has 0 aromatic heterocycles. The lowest BCUT2D eigenvalue weighted by Gasteiger charge is -2.32. The highest BCUT2D eigenvalue weighted by molar-refractivity contribution is 5.90. The summed E-state index contributed by atoms with van der Waals surface area (Å²) in [6, 6.07) is 0. The van der Waals surface area contributed by atoms with Crippen LogP contribution in [0.1, 0.15) is 145 Å². The first kappa shape index (κ1) is 66.5. The summed E-state index contributed by atoms with van der Waals surface area (Å²) in [4.78, 5) is 130. The van der Waals surface area contributed by atoms with Gasteiger partial charge in [-0.15, -0.1) is 0 Å². The molecular weight excluding hydrogens is 931 g/mol. The minimum Gasteiger partial charge on any atom is -0.469 e. The second kappa shape index (κ2) is 25.0. The molecule has 72 heavy (non-hydrogen) atoms. The number of methoxy groups -OCH3 is 1. The van der Waals surface area contributed by atoms with Gasteiger partial charge in [-0.2, -0.15) is 0 Å². The third kappa shape index (κ3) is 21.7. The lowest BCUT2D eigenvalue weighted by molar-refractivity contribution is -0.151. The Bertz CT molecular complexity index is 1990. The summed E-state index contributed by atoms with van der Waals surface area (Å²) in [7, 11) is 1.27. The van der Waals surface area contributed by atoms with Crippen molar-refractivity contribution in [1.29, 1.82) is 0 Å². The van der Waals surface area contributed by atoms with Gasteiger partial charge in [-0.1, -0.05) is 0 Å². The predicted molar refractivity (Wildman–Crippen MR) is 274 cm³/mol. The lowest BCUT2D eigenvalue weighted by atomic mass is 9.86. The van der Waals surface area contributed by atoms with Crippen LogP contribution in [0.25, 0.3) is 0 Å². The zero-order valence-corrected chi connectivity index (χ0v) is 47.8. The summed E-state index contributed by atoms with van der Waals surface area (Å²) in [5.41, 5.74) is -10.3. The molecule has 0 spiro atoms. The molecule has 21 heteroatoms. The van der Waals surface area contributed by atoms with Gasteiger partial charge in [0.05, 0.1) is 55.8 Å². The van der Waals surface area contributed by atoms with Crippen molar-refractivity contribution < 1.29 is 57.4 Å². The van der Waals surface area contributed by atoms with E-state index >= 15 is 0 Å². The normalized spacial score (nSPS) is 13.1. The van der Waals surface area contributed by atoms with Gasteiger partial charge < -0.3 is 57.3 Å². The summed E-state index contributed by atoms with van der Waals surface area (Å²) in [6.07, 6.45) is -0.652. The van der Waals surface area contributed by atoms with Crippen LogP contribution >= 0.6 is 0 Å². The van der Waals surface area contributed by atoms with E-state index in [9.17, 15) is 47.9 Å². The van der Waals surface area contributed by atoms with Crippen LogP contribution in [0.2, 0.25) is 0 Å². The molecule has 0 aliphatic heterocycles. The van der Waals surface area contributed by atoms with Crippen molar-refractivity contribution in [3.8, 4) is 0 Å². The Balaban J connectivity index is 5.15. The minimum atomic E-state index is -1.12. The number of carbonyl (C=O) groups excluding carboxylic acids is 10. The Hall–Kier alpha value is -5.50. The molecule has 0 saturated heterocycles. The third-order valence-corrected chi connectivity index (χ3v) is 12.3. The van der Waals surface area contributed by atoms with Gasteiger partial charge in [0.25, 0.3) is 0 Å². The average molecular weight is 1020 g/mol. The number of esters is 1. The number of rotatable bonds is 27. The first-order valence-corrected chi connectivity index (χ1v) is 24.4. The number of alkyl carbamates (subject to hydrolysis) is 1. The van der Waals surface area contributed by atoms with Crippen molar-refractivity contribution in [3.05, 3.63) is 0 Å². The molecule has 0 aliphatic carbocycles. The number of ether oxygens (including phenoxy) is 2. The van der Waals surface area contributed by atoms with Crippen molar-refractivity contribution in [2.24, 2.45) is 48.7 Å². The van der Waals surface area contributed by atoms with Crippen molar-refractivity contribution in [1.82, 2.24) is 47.9 Å². The SMILES string of the molecule is COC(=O)C(C)(C)CNC(=O)C(C)(C)CNC(=O)C(C)(C)CNC(=O)C(C)(C)CNC(=O)C(C)(C)CNC(=O)C(C)(C)CNC(=O)C(C)(C)CNC(=O)C(C)(C)CNC(=O)C(C)(C)CNC(=O)OC(C)(C)C. The van der Waals surface area contributed by atoms with Crippen LogP contribution in [0.5, 0.6) is 0 Å². The van der Waals surface area contributed by atoms with E-state index in [0.717, 1.165) is 0 Å². The van der Waals surface area contributed by atoms with E-state index in [1.165, 1.54) is 7.11 Å². The van der Waals surface area contributed by atoms with Gasteiger partial charge in [0.2, 0.25) is 47.3 Å². The van der Waals surface area contributed by atoms with Crippen molar-refractivity contribution in [2.45, 2.75) is 151 Å². The molecule has 0 bridgehead atoms. The number of hydrogen-bond acceptors (Lipinski definition) is 12. The van der Waals surface area contributed by atoms with Crippen LogP contribution in [0.4, 0.5) is 4.79 Å². The van der Waals surface area contributed by atoms with Crippen molar-refractivity contribution >= 4 is 59.3 Å². The largest absolute Gasteiger partial charge is 0.469 e. The number of carbonyl (C=O) groups is 10. The van der Waals surface area contributed by atoms with Gasteiger partial charge in [0, 0.05) is 58.9 Å². The maximum atomic E-state index is 13.4. The molecule has 414 valence electrons. The van der Waals surface area contributed by atoms with Crippen LogP contribution in [-0.2, 0) is 52.6 Å². The highest BCUT2D eigenvalue weighted by Gasteiger charge is 2.40. The van der Waals surface area contributed by atoms with E-state index < -0.39 is 102 Å². The fourth-order valence-electron chi connectivity index (χ4n) is 5.92. The molecule has 21 nitrogen and oxygen atoms in total. The summed E-state index contributed by atoms with van der Waals surface area (Å²) in [5.74, 6) is -3.74. The Kier molecular flexibility index (Phi) is 23.0. The van der Waals surface area contributed by atoms with E-state index in [0.29, 0.717) is 0 Å². The maximum absolute atomic E-state index is 13.4. The van der Waals surface area contributed by atoms with Gasteiger partial charge in [0.1, 0.15) is 5.60 Å². The van der Waals surface area contributed by atoms with Gasteiger partial charge >= 0.3 is 12.1 Å². The molecular formula is C51H93N9O12. The first-order valence-electron chi connectivity index (χ1n) is 24.4. The molecule has 9 amide bonds. The molecule has 0 atom stereocenters. The fourth-order valence-corrected chi connectivity index (χ4v) is 5.92. The molecule has 0 aromatic rings. The number of nitrogens with one attached hydrogen (secondary N) is 9. The van der Waals surface area contributed by atoms with E-state index in [4.69, 9.17) is 9.47 Å². The second-order valence-corrected chi connectivity index (χ2v) is 25.8. The molecule has 0 rings (SSSR count). The van der Waals surface area contributed by atoms with E-state index in [-0.39, 0.29) is 70.7 Å². The zero-order chi connectivity index (χ0) is 56.9. The lowest BCUT2D eigenvalue weighted by Crippen LogP contribution is -2.54. The topological polar surface area (TPSA) is 297 Å². The molecule has 9 N–H and O–H groups in total. The zero-order valence-electron chi connectivity index (χ0n) is 47.8. The van der Waals surface area contributed by atoms with Gasteiger partial charge in [-0.3, -0.25) is 43.2 Å². The monoisotopic (exact) mass is 1020 g/mol. The third-order valence-electron chi connectivity index (χ3n) is 12.3. The molecule has 0 aromatic carbocycles. The first-order chi connectivity index (χ1) is 32.1. The van der Waals surface area contributed by atoms with Crippen LogP contribution < -0.4 is 47.9 Å². The summed E-state index contributed by atoms with van der Waals surface area (Å²) < 4.78 is 10.0. The van der Waals surface area contributed by atoms with E-state index in [1.54, 1.807) is 145 Å². The predicted octanol–water partition coefficient (Wildman–Crippen LogP) is 2.85. The summed E-state index contributed by atoms with van der Waals surface area (Å²) in [6.45, 7) is 34.5. The fraction of sp³-hybridized carbons (Fsp3) is 0.804. The summed E-state index contributed by atoms with van der Waals surface area (Å²) in [5, 5.41) is 24.9. The Morgan fingerprint density at radius 1 is 0.264 bits per heavy atom. The maximum Gasteiger partial charge on any atom is 0.407 e. The van der Waals surface area contributed by atoms with Gasteiger partial charge in [0.15, 0.2) is 0 Å². The Labute approximate surface area is 429 Å². The molecule has 0 aliphatic rings. The molecule has 0 unspecified atom stereocenters. The Morgan fingerprint density at radius 2 is 0.417 bits per heavy atom. The van der Waals surface area contributed by atoms with Gasteiger partial charge in [-0.25, -0.2) is 4.79 Å². The summed E-state index contributed by atoms with van der Waals surface area (Å²) >= 11 is 0.